The lowest BCUT2D eigenvalue weighted by atomic mass is 9.98. The Labute approximate surface area is 94.1 Å². The van der Waals surface area contributed by atoms with E-state index in [9.17, 15) is 9.59 Å². The molecule has 0 radical (unpaired) electrons. The van der Waals surface area contributed by atoms with Crippen molar-refractivity contribution in [3.8, 4) is 0 Å². The molecule has 1 fully saturated rings. The highest BCUT2D eigenvalue weighted by atomic mass is 16.4. The van der Waals surface area contributed by atoms with Gasteiger partial charge in [0.05, 0.1) is 6.54 Å². The molecule has 0 spiro atoms. The number of amides is 1. The fourth-order valence-electron chi connectivity index (χ4n) is 2.31. The Kier molecular flexibility index (Phi) is 3.24. The second-order valence-electron chi connectivity index (χ2n) is 4.26. The van der Waals surface area contributed by atoms with Crippen molar-refractivity contribution in [2.24, 2.45) is 0 Å². The number of carbonyl (C=O) groups is 2. The van der Waals surface area contributed by atoms with Crippen LogP contribution in [0.15, 0.2) is 12.2 Å². The molecular weight excluding hydrogens is 208 g/mol. The SMILES string of the molecule is O=C1CN(C2C=CCCC2)C(C(=O)O)CN1. The largest absolute Gasteiger partial charge is 0.480 e. The zero-order valence-electron chi connectivity index (χ0n) is 9.06. The number of piperazine rings is 1. The number of hydrogen-bond acceptors (Lipinski definition) is 3. The number of allylic oxidation sites excluding steroid dienone is 1. The zero-order chi connectivity index (χ0) is 11.5. The van der Waals surface area contributed by atoms with Crippen molar-refractivity contribution in [1.29, 1.82) is 0 Å². The lowest BCUT2D eigenvalue weighted by Gasteiger charge is -2.38. The van der Waals surface area contributed by atoms with Crippen LogP contribution in [0.4, 0.5) is 0 Å². The summed E-state index contributed by atoms with van der Waals surface area (Å²) in [5.41, 5.74) is 0. The van der Waals surface area contributed by atoms with Gasteiger partial charge in [0, 0.05) is 12.6 Å². The topological polar surface area (TPSA) is 69.6 Å². The highest BCUT2D eigenvalue weighted by Crippen LogP contribution is 2.20. The summed E-state index contributed by atoms with van der Waals surface area (Å²) >= 11 is 0. The van der Waals surface area contributed by atoms with E-state index in [4.69, 9.17) is 5.11 Å². The molecule has 88 valence electrons. The van der Waals surface area contributed by atoms with Gasteiger partial charge >= 0.3 is 5.97 Å². The highest BCUT2D eigenvalue weighted by Gasteiger charge is 2.35. The first-order valence-electron chi connectivity index (χ1n) is 5.60. The second kappa shape index (κ2) is 4.65. The fourth-order valence-corrected chi connectivity index (χ4v) is 2.31. The summed E-state index contributed by atoms with van der Waals surface area (Å²) in [5.74, 6) is -0.949. The first-order chi connectivity index (χ1) is 7.68. The molecule has 2 rings (SSSR count). The minimum atomic E-state index is -0.862. The molecule has 0 bridgehead atoms. The Bertz CT molecular complexity index is 327. The van der Waals surface area contributed by atoms with Gasteiger partial charge in [-0.15, -0.1) is 0 Å². The van der Waals surface area contributed by atoms with Crippen LogP contribution in [0.25, 0.3) is 0 Å². The summed E-state index contributed by atoms with van der Waals surface area (Å²) in [6, 6.07) is -0.494. The van der Waals surface area contributed by atoms with E-state index in [-0.39, 0.29) is 25.0 Å². The maximum absolute atomic E-state index is 11.3. The van der Waals surface area contributed by atoms with Crippen molar-refractivity contribution in [2.75, 3.05) is 13.1 Å². The minimum absolute atomic E-state index is 0.0866. The number of carbonyl (C=O) groups excluding carboxylic acids is 1. The van der Waals surface area contributed by atoms with Crippen LogP contribution in [0.5, 0.6) is 0 Å². The number of carboxylic acid groups (broad SMARTS) is 1. The number of aliphatic carboxylic acids is 1. The molecular formula is C11H16N2O3. The van der Waals surface area contributed by atoms with Gasteiger partial charge in [-0.05, 0) is 19.3 Å². The molecule has 0 aromatic rings. The van der Waals surface area contributed by atoms with Gasteiger partial charge in [-0.1, -0.05) is 12.2 Å². The van der Waals surface area contributed by atoms with Crippen molar-refractivity contribution < 1.29 is 14.7 Å². The maximum Gasteiger partial charge on any atom is 0.322 e. The molecule has 5 heteroatoms. The second-order valence-corrected chi connectivity index (χ2v) is 4.26. The number of rotatable bonds is 2. The molecule has 1 heterocycles. The van der Waals surface area contributed by atoms with Crippen molar-refractivity contribution in [1.82, 2.24) is 10.2 Å². The highest BCUT2D eigenvalue weighted by molar-refractivity contribution is 5.83. The van der Waals surface area contributed by atoms with E-state index >= 15 is 0 Å². The molecule has 2 unspecified atom stereocenters. The van der Waals surface area contributed by atoms with Gasteiger partial charge in [0.15, 0.2) is 0 Å². The molecule has 5 nitrogen and oxygen atoms in total. The Morgan fingerprint density at radius 3 is 3.00 bits per heavy atom. The molecule has 1 amide bonds. The van der Waals surface area contributed by atoms with Crippen molar-refractivity contribution in [2.45, 2.75) is 31.3 Å². The molecule has 2 atom stereocenters. The lowest BCUT2D eigenvalue weighted by molar-refractivity contribution is -0.147. The molecule has 2 N–H and O–H groups in total. The number of carboxylic acids is 1. The minimum Gasteiger partial charge on any atom is -0.480 e. The third kappa shape index (κ3) is 2.24. The van der Waals surface area contributed by atoms with Gasteiger partial charge in [0.1, 0.15) is 6.04 Å². The quantitative estimate of drug-likeness (QED) is 0.647. The first-order valence-corrected chi connectivity index (χ1v) is 5.60. The molecule has 16 heavy (non-hydrogen) atoms. The smallest absolute Gasteiger partial charge is 0.322 e. The lowest BCUT2D eigenvalue weighted by Crippen LogP contribution is -2.60. The zero-order valence-corrected chi connectivity index (χ0v) is 9.06. The molecule has 0 aromatic heterocycles. The summed E-state index contributed by atoms with van der Waals surface area (Å²) in [5, 5.41) is 11.7. The predicted molar refractivity (Wildman–Crippen MR) is 57.9 cm³/mol. The third-order valence-corrected chi connectivity index (χ3v) is 3.16. The Morgan fingerprint density at radius 2 is 2.38 bits per heavy atom. The van der Waals surface area contributed by atoms with E-state index in [2.05, 4.69) is 11.4 Å². The summed E-state index contributed by atoms with van der Waals surface area (Å²) in [4.78, 5) is 24.2. The predicted octanol–water partition coefficient (Wildman–Crippen LogP) is -0.0199. The maximum atomic E-state index is 11.3. The van der Waals surface area contributed by atoms with Gasteiger partial charge in [0.2, 0.25) is 5.91 Å². The van der Waals surface area contributed by atoms with E-state index < -0.39 is 12.0 Å². The number of nitrogens with zero attached hydrogens (tertiary/aromatic N) is 1. The van der Waals surface area contributed by atoms with Crippen LogP contribution in [0.1, 0.15) is 19.3 Å². The average molecular weight is 224 g/mol. The fraction of sp³-hybridized carbons (Fsp3) is 0.636. The van der Waals surface area contributed by atoms with E-state index in [1.165, 1.54) is 0 Å². The molecule has 2 aliphatic rings. The molecule has 0 aromatic carbocycles. The number of hydrogen-bond donors (Lipinski definition) is 2. The van der Waals surface area contributed by atoms with Gasteiger partial charge in [-0.25, -0.2) is 0 Å². The van der Waals surface area contributed by atoms with Gasteiger partial charge in [0.25, 0.3) is 0 Å². The van der Waals surface area contributed by atoms with Crippen LogP contribution < -0.4 is 5.32 Å². The molecule has 0 saturated carbocycles. The molecule has 1 aliphatic carbocycles. The van der Waals surface area contributed by atoms with E-state index in [1.54, 1.807) is 4.90 Å². The van der Waals surface area contributed by atoms with Gasteiger partial charge in [-0.3, -0.25) is 14.5 Å². The Morgan fingerprint density at radius 1 is 1.56 bits per heavy atom. The van der Waals surface area contributed by atoms with Gasteiger partial charge < -0.3 is 10.4 Å². The van der Waals surface area contributed by atoms with Crippen LogP contribution in [-0.4, -0.2) is 47.1 Å². The third-order valence-electron chi connectivity index (χ3n) is 3.16. The number of nitrogens with one attached hydrogen (secondary N) is 1. The molecule has 1 aliphatic heterocycles. The van der Waals surface area contributed by atoms with Gasteiger partial charge in [-0.2, -0.15) is 0 Å². The molecule has 1 saturated heterocycles. The Balaban J connectivity index is 2.12. The van der Waals surface area contributed by atoms with Crippen LogP contribution in [0.3, 0.4) is 0 Å². The van der Waals surface area contributed by atoms with Crippen molar-refractivity contribution in [3.63, 3.8) is 0 Å². The van der Waals surface area contributed by atoms with E-state index in [0.717, 1.165) is 19.3 Å². The Hall–Kier alpha value is -1.36. The summed E-state index contributed by atoms with van der Waals surface area (Å²) in [6.45, 7) is 0.393. The van der Waals surface area contributed by atoms with Crippen molar-refractivity contribution >= 4 is 11.9 Å². The summed E-state index contributed by atoms with van der Waals surface area (Å²) in [7, 11) is 0. The van der Waals surface area contributed by atoms with Crippen LogP contribution in [-0.2, 0) is 9.59 Å². The van der Waals surface area contributed by atoms with Crippen molar-refractivity contribution in [3.05, 3.63) is 12.2 Å². The van der Waals surface area contributed by atoms with Crippen LogP contribution in [0.2, 0.25) is 0 Å². The van der Waals surface area contributed by atoms with E-state index in [1.807, 2.05) is 6.08 Å². The standard InChI is InChI=1S/C11H16N2O3/c14-10-7-13(8-4-2-1-3-5-8)9(6-12-10)11(15)16/h2,4,8-9H,1,3,5-7H2,(H,12,14)(H,15,16). The van der Waals surface area contributed by atoms with Crippen LogP contribution >= 0.6 is 0 Å². The average Bonchev–Trinajstić information content (AvgIpc) is 2.29. The summed E-state index contributed by atoms with van der Waals surface area (Å²) < 4.78 is 0. The normalized spacial score (nSPS) is 31.1. The first kappa shape index (κ1) is 11.1. The monoisotopic (exact) mass is 224 g/mol. The van der Waals surface area contributed by atoms with E-state index in [0.29, 0.717) is 0 Å². The summed E-state index contributed by atoms with van der Waals surface area (Å²) in [6.07, 6.45) is 7.14. The van der Waals surface area contributed by atoms with Crippen LogP contribution in [0, 0.1) is 0 Å².